The number of ether oxygens (including phenoxy) is 1. The second-order valence-electron chi connectivity index (χ2n) is 3.07. The maximum atomic E-state index is 5.54. The summed E-state index contributed by atoms with van der Waals surface area (Å²) in [6.07, 6.45) is 0. The molecule has 0 bridgehead atoms. The van der Waals surface area contributed by atoms with E-state index in [0.29, 0.717) is 6.54 Å². The molecule has 0 aromatic heterocycles. The van der Waals surface area contributed by atoms with Crippen molar-refractivity contribution in [2.24, 2.45) is 5.73 Å². The Morgan fingerprint density at radius 3 is 2.79 bits per heavy atom. The fourth-order valence-corrected chi connectivity index (χ4v) is 1.43. The van der Waals surface area contributed by atoms with Gasteiger partial charge in [-0.15, -0.1) is 0 Å². The molecule has 0 heterocycles. The van der Waals surface area contributed by atoms with Gasteiger partial charge in [0.2, 0.25) is 0 Å². The standard InChI is InChI=1S/C11H18N2O/c1-3-13(8-7-12)10-5-4-6-11(9-10)14-2/h4-6,9H,3,7-8,12H2,1-2H3. The Morgan fingerprint density at radius 2 is 2.21 bits per heavy atom. The predicted octanol–water partition coefficient (Wildman–Crippen LogP) is 1.48. The van der Waals surface area contributed by atoms with E-state index in [0.717, 1.165) is 24.5 Å². The first-order valence-corrected chi connectivity index (χ1v) is 4.91. The Bertz CT molecular complexity index is 276. The van der Waals surface area contributed by atoms with E-state index in [2.05, 4.69) is 17.9 Å². The number of methoxy groups -OCH3 is 1. The molecule has 0 fully saturated rings. The minimum atomic E-state index is 0.672. The lowest BCUT2D eigenvalue weighted by Crippen LogP contribution is -2.28. The van der Waals surface area contributed by atoms with Gasteiger partial charge >= 0.3 is 0 Å². The molecular weight excluding hydrogens is 176 g/mol. The monoisotopic (exact) mass is 194 g/mol. The first-order chi connectivity index (χ1) is 6.81. The lowest BCUT2D eigenvalue weighted by molar-refractivity contribution is 0.415. The van der Waals surface area contributed by atoms with Crippen LogP contribution in [-0.4, -0.2) is 26.7 Å². The summed E-state index contributed by atoms with van der Waals surface area (Å²) in [7, 11) is 1.68. The van der Waals surface area contributed by atoms with Crippen LogP contribution in [0.15, 0.2) is 24.3 Å². The number of likely N-dealkylation sites (N-methyl/N-ethyl adjacent to an activating group) is 1. The quantitative estimate of drug-likeness (QED) is 0.771. The summed E-state index contributed by atoms with van der Waals surface area (Å²) in [5.41, 5.74) is 6.70. The van der Waals surface area contributed by atoms with Gasteiger partial charge in [0, 0.05) is 31.4 Å². The van der Waals surface area contributed by atoms with Gasteiger partial charge in [-0.3, -0.25) is 0 Å². The van der Waals surface area contributed by atoms with Gasteiger partial charge in [0.05, 0.1) is 7.11 Å². The molecule has 14 heavy (non-hydrogen) atoms. The third-order valence-corrected chi connectivity index (χ3v) is 2.20. The summed E-state index contributed by atoms with van der Waals surface area (Å²) in [4.78, 5) is 2.22. The van der Waals surface area contributed by atoms with Gasteiger partial charge < -0.3 is 15.4 Å². The summed E-state index contributed by atoms with van der Waals surface area (Å²) in [5, 5.41) is 0. The van der Waals surface area contributed by atoms with Crippen molar-refractivity contribution in [3.05, 3.63) is 24.3 Å². The molecule has 78 valence electrons. The second-order valence-corrected chi connectivity index (χ2v) is 3.07. The zero-order valence-corrected chi connectivity index (χ0v) is 8.86. The highest BCUT2D eigenvalue weighted by Crippen LogP contribution is 2.20. The third-order valence-electron chi connectivity index (χ3n) is 2.20. The van der Waals surface area contributed by atoms with Gasteiger partial charge in [0.1, 0.15) is 5.75 Å². The van der Waals surface area contributed by atoms with Crippen molar-refractivity contribution in [3.63, 3.8) is 0 Å². The van der Waals surface area contributed by atoms with Crippen LogP contribution in [0, 0.1) is 0 Å². The van der Waals surface area contributed by atoms with E-state index >= 15 is 0 Å². The van der Waals surface area contributed by atoms with E-state index in [1.807, 2.05) is 18.2 Å². The molecule has 0 aliphatic carbocycles. The van der Waals surface area contributed by atoms with E-state index in [1.165, 1.54) is 0 Å². The molecule has 1 aromatic carbocycles. The van der Waals surface area contributed by atoms with Crippen LogP contribution in [0.5, 0.6) is 5.75 Å². The molecule has 0 saturated heterocycles. The van der Waals surface area contributed by atoms with Gasteiger partial charge in [0.15, 0.2) is 0 Å². The maximum Gasteiger partial charge on any atom is 0.120 e. The van der Waals surface area contributed by atoms with Crippen molar-refractivity contribution < 1.29 is 4.74 Å². The van der Waals surface area contributed by atoms with Crippen LogP contribution in [0.2, 0.25) is 0 Å². The Morgan fingerprint density at radius 1 is 1.43 bits per heavy atom. The number of nitrogens with zero attached hydrogens (tertiary/aromatic N) is 1. The molecule has 0 radical (unpaired) electrons. The van der Waals surface area contributed by atoms with E-state index in [-0.39, 0.29) is 0 Å². The topological polar surface area (TPSA) is 38.5 Å². The molecule has 0 atom stereocenters. The molecular formula is C11H18N2O. The van der Waals surface area contributed by atoms with Crippen molar-refractivity contribution in [1.29, 1.82) is 0 Å². The average molecular weight is 194 g/mol. The van der Waals surface area contributed by atoms with Crippen LogP contribution in [0.1, 0.15) is 6.92 Å². The smallest absolute Gasteiger partial charge is 0.120 e. The zero-order valence-electron chi connectivity index (χ0n) is 8.86. The Labute approximate surface area is 85.5 Å². The minimum absolute atomic E-state index is 0.672. The van der Waals surface area contributed by atoms with Crippen LogP contribution in [0.3, 0.4) is 0 Å². The lowest BCUT2D eigenvalue weighted by atomic mass is 10.2. The summed E-state index contributed by atoms with van der Waals surface area (Å²) in [6, 6.07) is 8.04. The fraction of sp³-hybridized carbons (Fsp3) is 0.455. The molecule has 2 N–H and O–H groups in total. The molecule has 3 nitrogen and oxygen atoms in total. The molecule has 3 heteroatoms. The van der Waals surface area contributed by atoms with Crippen LogP contribution in [0.25, 0.3) is 0 Å². The van der Waals surface area contributed by atoms with Crippen LogP contribution >= 0.6 is 0 Å². The third kappa shape index (κ3) is 2.64. The highest BCUT2D eigenvalue weighted by molar-refractivity contribution is 5.50. The van der Waals surface area contributed by atoms with Crippen LogP contribution < -0.4 is 15.4 Å². The number of rotatable bonds is 5. The minimum Gasteiger partial charge on any atom is -0.497 e. The average Bonchev–Trinajstić information content (AvgIpc) is 2.26. The summed E-state index contributed by atoms with van der Waals surface area (Å²) in [5.74, 6) is 0.887. The number of hydrogen-bond donors (Lipinski definition) is 1. The van der Waals surface area contributed by atoms with Crippen molar-refractivity contribution in [2.45, 2.75) is 6.92 Å². The molecule has 0 unspecified atom stereocenters. The highest BCUT2D eigenvalue weighted by atomic mass is 16.5. The fourth-order valence-electron chi connectivity index (χ4n) is 1.43. The maximum absolute atomic E-state index is 5.54. The number of benzene rings is 1. The van der Waals surface area contributed by atoms with Crippen molar-refractivity contribution in [3.8, 4) is 5.75 Å². The molecule has 1 aromatic rings. The molecule has 0 aliphatic heterocycles. The van der Waals surface area contributed by atoms with E-state index in [9.17, 15) is 0 Å². The van der Waals surface area contributed by atoms with Crippen molar-refractivity contribution in [2.75, 3.05) is 31.6 Å². The Hall–Kier alpha value is -1.22. The van der Waals surface area contributed by atoms with Gasteiger partial charge in [-0.2, -0.15) is 0 Å². The molecule has 1 rings (SSSR count). The van der Waals surface area contributed by atoms with Crippen molar-refractivity contribution in [1.82, 2.24) is 0 Å². The van der Waals surface area contributed by atoms with E-state index in [1.54, 1.807) is 7.11 Å². The van der Waals surface area contributed by atoms with Gasteiger partial charge in [-0.1, -0.05) is 6.07 Å². The molecule has 0 saturated carbocycles. The highest BCUT2D eigenvalue weighted by Gasteiger charge is 2.03. The first kappa shape index (κ1) is 10.9. The SMILES string of the molecule is CCN(CCN)c1cccc(OC)c1. The molecule has 0 aliphatic rings. The van der Waals surface area contributed by atoms with Gasteiger partial charge in [0.25, 0.3) is 0 Å². The van der Waals surface area contributed by atoms with Gasteiger partial charge in [-0.05, 0) is 19.1 Å². The lowest BCUT2D eigenvalue weighted by Gasteiger charge is -2.22. The Kier molecular flexibility index (Phi) is 4.26. The summed E-state index contributed by atoms with van der Waals surface area (Å²) in [6.45, 7) is 4.63. The van der Waals surface area contributed by atoms with E-state index < -0.39 is 0 Å². The molecule has 0 spiro atoms. The second kappa shape index (κ2) is 5.50. The summed E-state index contributed by atoms with van der Waals surface area (Å²) < 4.78 is 5.17. The van der Waals surface area contributed by atoms with Crippen LogP contribution in [-0.2, 0) is 0 Å². The number of hydrogen-bond acceptors (Lipinski definition) is 3. The normalized spacial score (nSPS) is 9.93. The van der Waals surface area contributed by atoms with Crippen LogP contribution in [0.4, 0.5) is 5.69 Å². The summed E-state index contributed by atoms with van der Waals surface area (Å²) >= 11 is 0. The first-order valence-electron chi connectivity index (χ1n) is 4.91. The van der Waals surface area contributed by atoms with Crippen molar-refractivity contribution >= 4 is 5.69 Å². The molecule has 0 amide bonds. The number of anilines is 1. The van der Waals surface area contributed by atoms with Gasteiger partial charge in [-0.25, -0.2) is 0 Å². The largest absolute Gasteiger partial charge is 0.497 e. The number of nitrogens with two attached hydrogens (primary N) is 1. The Balaban J connectivity index is 2.80. The predicted molar refractivity (Wildman–Crippen MR) is 59.9 cm³/mol. The zero-order chi connectivity index (χ0) is 10.4. The van der Waals surface area contributed by atoms with E-state index in [4.69, 9.17) is 10.5 Å².